The van der Waals surface area contributed by atoms with Crippen molar-refractivity contribution in [2.45, 2.75) is 51.0 Å². The van der Waals surface area contributed by atoms with Crippen molar-refractivity contribution in [1.29, 1.82) is 0 Å². The van der Waals surface area contributed by atoms with Gasteiger partial charge in [0.2, 0.25) is 0 Å². The molecule has 3 aliphatic rings. The molecule has 25 heavy (non-hydrogen) atoms. The molecule has 136 valence electrons. The second-order valence-electron chi connectivity index (χ2n) is 7.61. The van der Waals surface area contributed by atoms with Crippen molar-refractivity contribution >= 4 is 11.7 Å². The van der Waals surface area contributed by atoms with Crippen LogP contribution in [-0.4, -0.2) is 54.7 Å². The van der Waals surface area contributed by atoms with E-state index in [1.807, 2.05) is 12.1 Å². The maximum atomic E-state index is 13.0. The summed E-state index contributed by atoms with van der Waals surface area (Å²) in [5, 5.41) is 0. The maximum Gasteiger partial charge on any atom is 0.255 e. The van der Waals surface area contributed by atoms with Crippen molar-refractivity contribution in [1.82, 2.24) is 9.88 Å². The minimum Gasteiger partial charge on any atom is -0.378 e. The summed E-state index contributed by atoms with van der Waals surface area (Å²) in [6, 6.07) is 4.40. The summed E-state index contributed by atoms with van der Waals surface area (Å²) >= 11 is 0. The van der Waals surface area contributed by atoms with Gasteiger partial charge < -0.3 is 14.5 Å². The van der Waals surface area contributed by atoms with Gasteiger partial charge in [0.05, 0.1) is 18.8 Å². The summed E-state index contributed by atoms with van der Waals surface area (Å²) in [5.74, 6) is 1.83. The Bertz CT molecular complexity index is 577. The van der Waals surface area contributed by atoms with E-state index < -0.39 is 0 Å². The largest absolute Gasteiger partial charge is 0.378 e. The number of rotatable bonds is 3. The molecule has 4 rings (SSSR count). The van der Waals surface area contributed by atoms with E-state index in [0.717, 1.165) is 50.7 Å². The zero-order chi connectivity index (χ0) is 17.1. The average Bonchev–Trinajstić information content (AvgIpc) is 3.19. The van der Waals surface area contributed by atoms with Crippen LogP contribution in [0.25, 0.3) is 0 Å². The quantitative estimate of drug-likeness (QED) is 0.846. The van der Waals surface area contributed by atoms with Gasteiger partial charge in [-0.1, -0.05) is 19.3 Å². The number of pyridine rings is 1. The highest BCUT2D eigenvalue weighted by Gasteiger charge is 2.35. The first kappa shape index (κ1) is 16.8. The third-order valence-corrected chi connectivity index (χ3v) is 6.08. The van der Waals surface area contributed by atoms with Crippen LogP contribution in [0.15, 0.2) is 18.3 Å². The minimum atomic E-state index is 0.175. The number of carbonyl (C=O) groups excluding carboxylic acids is 1. The van der Waals surface area contributed by atoms with Crippen molar-refractivity contribution in [3.05, 3.63) is 23.9 Å². The van der Waals surface area contributed by atoms with E-state index in [1.54, 1.807) is 6.20 Å². The Labute approximate surface area is 150 Å². The first-order valence-corrected chi connectivity index (χ1v) is 9.92. The number of likely N-dealkylation sites (tertiary alicyclic amines) is 1. The fraction of sp³-hybridized carbons (Fsp3) is 0.700. The zero-order valence-corrected chi connectivity index (χ0v) is 15.0. The average molecular weight is 343 g/mol. The molecule has 3 heterocycles. The van der Waals surface area contributed by atoms with Gasteiger partial charge in [0.15, 0.2) is 0 Å². The molecule has 1 saturated carbocycles. The molecule has 1 aromatic rings. The fourth-order valence-electron chi connectivity index (χ4n) is 4.71. The second-order valence-corrected chi connectivity index (χ2v) is 7.61. The molecular formula is C20H29N3O2. The number of morpholine rings is 1. The van der Waals surface area contributed by atoms with Gasteiger partial charge in [0.1, 0.15) is 5.82 Å². The monoisotopic (exact) mass is 343 g/mol. The lowest BCUT2D eigenvalue weighted by atomic mass is 9.83. The SMILES string of the molecule is O=C(c1ccc(N2CCOCC2)nc1)N1CCC[C@@H]1C1CCCCC1. The third kappa shape index (κ3) is 3.66. The van der Waals surface area contributed by atoms with E-state index in [1.165, 1.54) is 38.5 Å². The van der Waals surface area contributed by atoms with Crippen LogP contribution in [0.4, 0.5) is 5.82 Å². The highest BCUT2D eigenvalue weighted by atomic mass is 16.5. The van der Waals surface area contributed by atoms with Gasteiger partial charge in [0, 0.05) is 31.9 Å². The lowest BCUT2D eigenvalue weighted by molar-refractivity contribution is 0.0661. The Balaban J connectivity index is 1.44. The Morgan fingerprint density at radius 3 is 2.52 bits per heavy atom. The van der Waals surface area contributed by atoms with Crippen LogP contribution in [0, 0.1) is 5.92 Å². The molecule has 1 amide bonds. The lowest BCUT2D eigenvalue weighted by Crippen LogP contribution is -2.41. The summed E-state index contributed by atoms with van der Waals surface area (Å²) in [4.78, 5) is 22.0. The molecule has 0 bridgehead atoms. The Morgan fingerprint density at radius 1 is 1.00 bits per heavy atom. The van der Waals surface area contributed by atoms with E-state index in [4.69, 9.17) is 4.74 Å². The van der Waals surface area contributed by atoms with E-state index in [9.17, 15) is 4.79 Å². The molecule has 1 atom stereocenters. The van der Waals surface area contributed by atoms with Crippen LogP contribution in [0.3, 0.4) is 0 Å². The molecule has 0 unspecified atom stereocenters. The number of carbonyl (C=O) groups is 1. The normalized spacial score (nSPS) is 25.4. The van der Waals surface area contributed by atoms with Gasteiger partial charge in [0.25, 0.3) is 5.91 Å². The molecule has 2 aliphatic heterocycles. The van der Waals surface area contributed by atoms with Gasteiger partial charge in [-0.2, -0.15) is 0 Å². The zero-order valence-electron chi connectivity index (χ0n) is 15.0. The van der Waals surface area contributed by atoms with Crippen LogP contribution in [0.5, 0.6) is 0 Å². The predicted molar refractivity (Wildman–Crippen MR) is 97.9 cm³/mol. The van der Waals surface area contributed by atoms with Gasteiger partial charge >= 0.3 is 0 Å². The first-order valence-electron chi connectivity index (χ1n) is 9.92. The van der Waals surface area contributed by atoms with Crippen molar-refractivity contribution in [2.75, 3.05) is 37.7 Å². The number of amides is 1. The summed E-state index contributed by atoms with van der Waals surface area (Å²) < 4.78 is 5.39. The van der Waals surface area contributed by atoms with Gasteiger partial charge in [-0.05, 0) is 43.7 Å². The molecule has 0 spiro atoms. The standard InChI is InChI=1S/C20H29N3O2/c24-20(23-10-4-7-18(23)16-5-2-1-3-6-16)17-8-9-19(21-15-17)22-11-13-25-14-12-22/h8-9,15-16,18H,1-7,10-14H2/t18-/m1/s1. The highest BCUT2D eigenvalue weighted by Crippen LogP contribution is 2.35. The van der Waals surface area contributed by atoms with E-state index in [0.29, 0.717) is 12.0 Å². The second kappa shape index (κ2) is 7.73. The maximum absolute atomic E-state index is 13.0. The summed E-state index contributed by atoms with van der Waals surface area (Å²) in [5.41, 5.74) is 0.736. The van der Waals surface area contributed by atoms with E-state index >= 15 is 0 Å². The van der Waals surface area contributed by atoms with Gasteiger partial charge in [-0.15, -0.1) is 0 Å². The molecule has 0 N–H and O–H groups in total. The van der Waals surface area contributed by atoms with Crippen molar-refractivity contribution in [3.63, 3.8) is 0 Å². The Morgan fingerprint density at radius 2 is 1.80 bits per heavy atom. The van der Waals surface area contributed by atoms with Crippen LogP contribution in [0.1, 0.15) is 55.3 Å². The van der Waals surface area contributed by atoms with Crippen LogP contribution in [-0.2, 0) is 4.74 Å². The summed E-state index contributed by atoms with van der Waals surface area (Å²) in [6.07, 6.45) is 10.7. The number of ether oxygens (including phenoxy) is 1. The van der Waals surface area contributed by atoms with Crippen molar-refractivity contribution in [2.24, 2.45) is 5.92 Å². The van der Waals surface area contributed by atoms with Crippen LogP contribution >= 0.6 is 0 Å². The smallest absolute Gasteiger partial charge is 0.255 e. The number of nitrogens with zero attached hydrogens (tertiary/aromatic N) is 3. The lowest BCUT2D eigenvalue weighted by Gasteiger charge is -2.34. The van der Waals surface area contributed by atoms with Gasteiger partial charge in [-0.25, -0.2) is 4.98 Å². The van der Waals surface area contributed by atoms with E-state index in [-0.39, 0.29) is 5.91 Å². The predicted octanol–water partition coefficient (Wildman–Crippen LogP) is 3.10. The fourth-order valence-corrected chi connectivity index (χ4v) is 4.71. The van der Waals surface area contributed by atoms with Crippen LogP contribution < -0.4 is 4.90 Å². The first-order chi connectivity index (χ1) is 12.3. The number of hydrogen-bond acceptors (Lipinski definition) is 4. The topological polar surface area (TPSA) is 45.7 Å². The molecule has 0 aromatic carbocycles. The van der Waals surface area contributed by atoms with Crippen molar-refractivity contribution < 1.29 is 9.53 Å². The molecule has 2 saturated heterocycles. The molecule has 3 fully saturated rings. The molecule has 5 nitrogen and oxygen atoms in total. The molecular weight excluding hydrogens is 314 g/mol. The highest BCUT2D eigenvalue weighted by molar-refractivity contribution is 5.94. The third-order valence-electron chi connectivity index (χ3n) is 6.08. The number of anilines is 1. The van der Waals surface area contributed by atoms with Crippen molar-refractivity contribution in [3.8, 4) is 0 Å². The number of aromatic nitrogens is 1. The Hall–Kier alpha value is -1.62. The number of hydrogen-bond donors (Lipinski definition) is 0. The molecule has 1 aromatic heterocycles. The van der Waals surface area contributed by atoms with Gasteiger partial charge in [-0.3, -0.25) is 4.79 Å². The summed E-state index contributed by atoms with van der Waals surface area (Å²) in [7, 11) is 0. The van der Waals surface area contributed by atoms with E-state index in [2.05, 4.69) is 14.8 Å². The minimum absolute atomic E-state index is 0.175. The Kier molecular flexibility index (Phi) is 5.20. The molecule has 1 aliphatic carbocycles. The molecule has 0 radical (unpaired) electrons. The summed E-state index contributed by atoms with van der Waals surface area (Å²) in [6.45, 7) is 4.15. The molecule has 5 heteroatoms. The van der Waals surface area contributed by atoms with Crippen LogP contribution in [0.2, 0.25) is 0 Å².